The highest BCUT2D eigenvalue weighted by molar-refractivity contribution is 7.98. The molecule has 0 amide bonds. The molecule has 0 spiro atoms. The number of aromatic nitrogens is 1. The minimum Gasteiger partial charge on any atom is -0.435 e. The molecule has 0 N–H and O–H groups in total. The van der Waals surface area contributed by atoms with Crippen molar-refractivity contribution < 1.29 is 13.2 Å². The Labute approximate surface area is 83.3 Å². The highest BCUT2D eigenvalue weighted by atomic mass is 32.2. The van der Waals surface area contributed by atoms with Gasteiger partial charge >= 0.3 is 6.43 Å². The summed E-state index contributed by atoms with van der Waals surface area (Å²) in [6.45, 7) is 0. The number of benzene rings is 1. The Morgan fingerprint density at radius 2 is 2.21 bits per heavy atom. The smallest absolute Gasteiger partial charge is 0.313 e. The van der Waals surface area contributed by atoms with Crippen LogP contribution in [0.4, 0.5) is 8.78 Å². The molecule has 0 aliphatic heterocycles. The monoisotopic (exact) mass is 215 g/mol. The Hall–Kier alpha value is -1.10. The number of alkyl halides is 2. The second kappa shape index (κ2) is 3.57. The Balaban J connectivity index is 2.64. The molecule has 0 aliphatic rings. The van der Waals surface area contributed by atoms with Crippen molar-refractivity contribution in [1.29, 1.82) is 0 Å². The maximum Gasteiger partial charge on any atom is 0.313 e. The summed E-state index contributed by atoms with van der Waals surface area (Å²) in [6, 6.07) is 5.22. The van der Waals surface area contributed by atoms with Crippen LogP contribution in [0.25, 0.3) is 11.1 Å². The maximum absolute atomic E-state index is 12.3. The highest BCUT2D eigenvalue weighted by Gasteiger charge is 2.16. The van der Waals surface area contributed by atoms with Crippen LogP contribution >= 0.6 is 11.8 Å². The number of nitrogens with zero attached hydrogens (tertiary/aromatic N) is 1. The van der Waals surface area contributed by atoms with Crippen LogP contribution in [0.15, 0.2) is 27.5 Å². The maximum atomic E-state index is 12.3. The molecule has 0 fully saturated rings. The summed E-state index contributed by atoms with van der Waals surface area (Å²) >= 11 is 1.46. The number of oxazole rings is 1. The third kappa shape index (κ3) is 1.48. The van der Waals surface area contributed by atoms with Gasteiger partial charge in [0.15, 0.2) is 5.58 Å². The first-order valence-electron chi connectivity index (χ1n) is 3.94. The number of halogens is 2. The topological polar surface area (TPSA) is 26.0 Å². The minimum atomic E-state index is -2.66. The number of rotatable bonds is 2. The number of para-hydroxylation sites is 1. The van der Waals surface area contributed by atoms with Crippen LogP contribution in [0, 0.1) is 0 Å². The molecule has 74 valence electrons. The van der Waals surface area contributed by atoms with E-state index in [1.807, 2.05) is 12.3 Å². The molecule has 0 radical (unpaired) electrons. The second-order valence-corrected chi connectivity index (χ2v) is 3.51. The Kier molecular flexibility index (Phi) is 2.41. The van der Waals surface area contributed by atoms with Gasteiger partial charge in [0.1, 0.15) is 5.52 Å². The van der Waals surface area contributed by atoms with Crippen LogP contribution < -0.4 is 0 Å². The van der Waals surface area contributed by atoms with E-state index in [0.717, 1.165) is 4.90 Å². The summed E-state index contributed by atoms with van der Waals surface area (Å²) in [7, 11) is 0. The molecule has 1 aromatic carbocycles. The van der Waals surface area contributed by atoms with E-state index in [-0.39, 0.29) is 0 Å². The van der Waals surface area contributed by atoms with Gasteiger partial charge in [0.2, 0.25) is 0 Å². The van der Waals surface area contributed by atoms with Gasteiger partial charge in [-0.05, 0) is 18.4 Å². The number of hydrogen-bond donors (Lipinski definition) is 0. The van der Waals surface area contributed by atoms with Crippen LogP contribution in [0.5, 0.6) is 0 Å². The van der Waals surface area contributed by atoms with Gasteiger partial charge in [-0.3, -0.25) is 0 Å². The zero-order valence-electron chi connectivity index (χ0n) is 7.33. The summed E-state index contributed by atoms with van der Waals surface area (Å²) in [5.41, 5.74) is 0.919. The molecule has 2 aromatic rings. The van der Waals surface area contributed by atoms with Crippen molar-refractivity contribution in [2.75, 3.05) is 6.26 Å². The van der Waals surface area contributed by atoms with Gasteiger partial charge in [-0.15, -0.1) is 11.8 Å². The van der Waals surface area contributed by atoms with E-state index in [1.165, 1.54) is 11.8 Å². The first-order valence-corrected chi connectivity index (χ1v) is 5.16. The lowest BCUT2D eigenvalue weighted by atomic mass is 10.3. The largest absolute Gasteiger partial charge is 0.435 e. The molecular weight excluding hydrogens is 208 g/mol. The lowest BCUT2D eigenvalue weighted by molar-refractivity contribution is 0.117. The summed E-state index contributed by atoms with van der Waals surface area (Å²) in [5, 5.41) is 0. The van der Waals surface area contributed by atoms with Gasteiger partial charge < -0.3 is 4.42 Å². The van der Waals surface area contributed by atoms with E-state index < -0.39 is 12.3 Å². The average molecular weight is 215 g/mol. The van der Waals surface area contributed by atoms with E-state index >= 15 is 0 Å². The molecule has 2 nitrogen and oxygen atoms in total. The lowest BCUT2D eigenvalue weighted by Crippen LogP contribution is -1.81. The third-order valence-electron chi connectivity index (χ3n) is 1.81. The van der Waals surface area contributed by atoms with Crippen LogP contribution in [-0.2, 0) is 0 Å². The third-order valence-corrected chi connectivity index (χ3v) is 2.57. The predicted octanol–water partition coefficient (Wildman–Crippen LogP) is 3.49. The summed E-state index contributed by atoms with van der Waals surface area (Å²) in [5.74, 6) is -0.512. The zero-order chi connectivity index (χ0) is 10.1. The van der Waals surface area contributed by atoms with Crippen molar-refractivity contribution in [2.24, 2.45) is 0 Å². The van der Waals surface area contributed by atoms with E-state index in [4.69, 9.17) is 4.42 Å². The van der Waals surface area contributed by atoms with Crippen molar-refractivity contribution in [3.05, 3.63) is 24.1 Å². The fourth-order valence-electron chi connectivity index (χ4n) is 1.20. The molecule has 1 aromatic heterocycles. The molecular formula is C9H7F2NOS. The normalized spacial score (nSPS) is 11.4. The number of thioether (sulfide) groups is 1. The fourth-order valence-corrected chi connectivity index (χ4v) is 1.75. The Morgan fingerprint density at radius 1 is 1.43 bits per heavy atom. The Morgan fingerprint density at radius 3 is 2.86 bits per heavy atom. The molecule has 1 heterocycles. The quantitative estimate of drug-likeness (QED) is 0.717. The van der Waals surface area contributed by atoms with Crippen LogP contribution in [0.3, 0.4) is 0 Å². The molecule has 0 unspecified atom stereocenters. The van der Waals surface area contributed by atoms with Crippen LogP contribution in [-0.4, -0.2) is 11.2 Å². The first kappa shape index (κ1) is 9.45. The first-order chi connectivity index (χ1) is 6.72. The highest BCUT2D eigenvalue weighted by Crippen LogP contribution is 2.29. The number of hydrogen-bond acceptors (Lipinski definition) is 3. The predicted molar refractivity (Wildman–Crippen MR) is 50.7 cm³/mol. The summed E-state index contributed by atoms with van der Waals surface area (Å²) < 4.78 is 29.5. The van der Waals surface area contributed by atoms with E-state index in [0.29, 0.717) is 11.1 Å². The molecule has 14 heavy (non-hydrogen) atoms. The van der Waals surface area contributed by atoms with Gasteiger partial charge in [-0.25, -0.2) is 4.98 Å². The van der Waals surface area contributed by atoms with Crippen molar-refractivity contribution in [2.45, 2.75) is 11.3 Å². The molecule has 2 rings (SSSR count). The van der Waals surface area contributed by atoms with Crippen molar-refractivity contribution in [3.8, 4) is 0 Å². The van der Waals surface area contributed by atoms with Gasteiger partial charge in [0.25, 0.3) is 5.89 Å². The average Bonchev–Trinajstić information content (AvgIpc) is 2.60. The van der Waals surface area contributed by atoms with Crippen LogP contribution in [0.2, 0.25) is 0 Å². The fraction of sp³-hybridized carbons (Fsp3) is 0.222. The number of fused-ring (bicyclic) bond motifs is 1. The van der Waals surface area contributed by atoms with E-state index in [9.17, 15) is 8.78 Å². The van der Waals surface area contributed by atoms with Gasteiger partial charge in [0.05, 0.1) is 0 Å². The molecule has 0 atom stereocenters. The molecule has 0 saturated heterocycles. The summed E-state index contributed by atoms with van der Waals surface area (Å²) in [4.78, 5) is 4.59. The minimum absolute atomic E-state index is 0.409. The molecule has 0 bridgehead atoms. The SMILES string of the molecule is CSc1cccc2oc(C(F)F)nc12. The van der Waals surface area contributed by atoms with Crippen molar-refractivity contribution in [3.63, 3.8) is 0 Å². The van der Waals surface area contributed by atoms with E-state index in [1.54, 1.807) is 12.1 Å². The second-order valence-electron chi connectivity index (χ2n) is 2.66. The molecule has 0 saturated carbocycles. The van der Waals surface area contributed by atoms with Gasteiger partial charge in [0, 0.05) is 4.90 Å². The van der Waals surface area contributed by atoms with Crippen molar-refractivity contribution in [1.82, 2.24) is 4.98 Å². The Bertz CT molecular complexity index is 455. The van der Waals surface area contributed by atoms with E-state index in [2.05, 4.69) is 4.98 Å². The molecule has 0 aliphatic carbocycles. The molecule has 5 heteroatoms. The van der Waals surface area contributed by atoms with Gasteiger partial charge in [-0.1, -0.05) is 6.07 Å². The summed E-state index contributed by atoms with van der Waals surface area (Å²) in [6.07, 6.45) is -0.789. The van der Waals surface area contributed by atoms with Gasteiger partial charge in [-0.2, -0.15) is 8.78 Å². The lowest BCUT2D eigenvalue weighted by Gasteiger charge is -1.93. The zero-order valence-corrected chi connectivity index (χ0v) is 8.15. The van der Waals surface area contributed by atoms with Crippen LogP contribution in [0.1, 0.15) is 12.3 Å². The van der Waals surface area contributed by atoms with Crippen molar-refractivity contribution >= 4 is 22.9 Å². The standard InChI is InChI=1S/C9H7F2NOS/c1-14-6-4-2-3-5-7(6)12-9(13-5)8(10)11/h2-4,8H,1H3.